The molecule has 0 unspecified atom stereocenters. The number of hydrogen-bond donors (Lipinski definition) is 1. The Morgan fingerprint density at radius 3 is 2.30 bits per heavy atom. The Labute approximate surface area is 158 Å². The molecule has 1 saturated carbocycles. The van der Waals surface area contributed by atoms with Gasteiger partial charge in [-0.25, -0.2) is 0 Å². The van der Waals surface area contributed by atoms with Gasteiger partial charge in [0.05, 0.1) is 12.0 Å². The first-order valence-electron chi connectivity index (χ1n) is 9.09. The van der Waals surface area contributed by atoms with E-state index in [0.29, 0.717) is 20.0 Å². The highest BCUT2D eigenvalue weighted by atomic mass is 16.5. The molecule has 5 nitrogen and oxygen atoms in total. The fraction of sp³-hybridized carbons (Fsp3) is 0.273. The Balaban J connectivity index is 1.35. The van der Waals surface area contributed by atoms with Crippen LogP contribution in [0.3, 0.4) is 0 Å². The van der Waals surface area contributed by atoms with Crippen LogP contribution in [0.4, 0.5) is 0 Å². The van der Waals surface area contributed by atoms with Gasteiger partial charge in [0.25, 0.3) is 0 Å². The molecule has 0 spiro atoms. The van der Waals surface area contributed by atoms with Crippen molar-refractivity contribution in [3.05, 3.63) is 71.9 Å². The lowest BCUT2D eigenvalue weighted by Crippen LogP contribution is -2.22. The highest BCUT2D eigenvalue weighted by Crippen LogP contribution is 2.48. The van der Waals surface area contributed by atoms with Gasteiger partial charge in [-0.3, -0.25) is 9.79 Å². The molecule has 1 aliphatic heterocycles. The molecule has 4 rings (SSSR count). The van der Waals surface area contributed by atoms with E-state index in [2.05, 4.69) is 29.3 Å². The smallest absolute Gasteiger partial charge is 0.314 e. The lowest BCUT2D eigenvalue weighted by molar-refractivity contribution is -0.140. The van der Waals surface area contributed by atoms with Crippen LogP contribution in [0.1, 0.15) is 24.0 Å². The van der Waals surface area contributed by atoms with Crippen LogP contribution in [0.25, 0.3) is 11.1 Å². The van der Waals surface area contributed by atoms with Gasteiger partial charge in [0.15, 0.2) is 0 Å². The maximum atomic E-state index is 11.4. The molecular formula is C22H22N2O3. The number of aliphatic imine (C=N–C) groups is 1. The van der Waals surface area contributed by atoms with E-state index in [1.807, 2.05) is 41.4 Å². The van der Waals surface area contributed by atoms with Crippen molar-refractivity contribution in [2.45, 2.75) is 24.9 Å². The number of carboxylic acid groups (broad SMARTS) is 1. The summed E-state index contributed by atoms with van der Waals surface area (Å²) in [7, 11) is 0. The zero-order valence-electron chi connectivity index (χ0n) is 15.0. The third-order valence-electron chi connectivity index (χ3n) is 5.16. The number of nitrogens with zero attached hydrogens (tertiary/aromatic N) is 2. The van der Waals surface area contributed by atoms with E-state index in [-0.39, 0.29) is 0 Å². The number of hydrogen-bond acceptors (Lipinski definition) is 4. The van der Waals surface area contributed by atoms with Crippen LogP contribution in [-0.4, -0.2) is 35.6 Å². The van der Waals surface area contributed by atoms with Gasteiger partial charge in [0.2, 0.25) is 0 Å². The van der Waals surface area contributed by atoms with Crippen LogP contribution >= 0.6 is 0 Å². The van der Waals surface area contributed by atoms with Crippen molar-refractivity contribution >= 4 is 12.2 Å². The normalized spacial score (nSPS) is 17.1. The van der Waals surface area contributed by atoms with Crippen molar-refractivity contribution in [3.63, 3.8) is 0 Å². The van der Waals surface area contributed by atoms with Crippen LogP contribution in [0.5, 0.6) is 0 Å². The van der Waals surface area contributed by atoms with Crippen LogP contribution < -0.4 is 0 Å². The molecule has 2 aromatic carbocycles. The van der Waals surface area contributed by atoms with Crippen molar-refractivity contribution in [3.8, 4) is 11.1 Å². The molecule has 0 saturated heterocycles. The molecule has 2 aromatic rings. The van der Waals surface area contributed by atoms with Crippen molar-refractivity contribution < 1.29 is 14.6 Å². The minimum atomic E-state index is -0.716. The van der Waals surface area contributed by atoms with E-state index < -0.39 is 11.4 Å². The summed E-state index contributed by atoms with van der Waals surface area (Å²) >= 11 is 0. The molecule has 1 N–H and O–H groups in total. The SMILES string of the molecule is O=C(O)C1(c2ccc(-c3ccc(COCN4C=CC=NC4)cc3)cc2)CC1. The fourth-order valence-electron chi connectivity index (χ4n) is 3.31. The maximum absolute atomic E-state index is 11.4. The molecule has 0 bridgehead atoms. The van der Waals surface area contributed by atoms with Crippen LogP contribution in [0, 0.1) is 0 Å². The summed E-state index contributed by atoms with van der Waals surface area (Å²) in [5, 5.41) is 9.40. The molecule has 1 heterocycles. The second-order valence-corrected chi connectivity index (χ2v) is 7.04. The number of ether oxygens (including phenoxy) is 1. The van der Waals surface area contributed by atoms with Crippen molar-refractivity contribution in [1.29, 1.82) is 0 Å². The monoisotopic (exact) mass is 362 g/mol. The Morgan fingerprint density at radius 1 is 1.07 bits per heavy atom. The third-order valence-corrected chi connectivity index (χ3v) is 5.16. The van der Waals surface area contributed by atoms with Crippen LogP contribution in [0.15, 0.2) is 65.8 Å². The summed E-state index contributed by atoms with van der Waals surface area (Å²) in [5.41, 5.74) is 3.57. The molecule has 1 aliphatic carbocycles. The molecule has 2 aliphatic rings. The first-order valence-corrected chi connectivity index (χ1v) is 9.09. The fourth-order valence-corrected chi connectivity index (χ4v) is 3.31. The summed E-state index contributed by atoms with van der Waals surface area (Å²) in [5.74, 6) is -0.716. The number of benzene rings is 2. The van der Waals surface area contributed by atoms with Crippen molar-refractivity contribution in [2.75, 3.05) is 13.4 Å². The minimum absolute atomic E-state index is 0.516. The lowest BCUT2D eigenvalue weighted by atomic mass is 9.94. The topological polar surface area (TPSA) is 62.1 Å². The van der Waals surface area contributed by atoms with E-state index in [4.69, 9.17) is 4.74 Å². The highest BCUT2D eigenvalue weighted by molar-refractivity contribution is 5.85. The lowest BCUT2D eigenvalue weighted by Gasteiger charge is -2.19. The van der Waals surface area contributed by atoms with E-state index >= 15 is 0 Å². The minimum Gasteiger partial charge on any atom is -0.481 e. The van der Waals surface area contributed by atoms with Gasteiger partial charge in [-0.15, -0.1) is 0 Å². The van der Waals surface area contributed by atoms with Gasteiger partial charge in [0.1, 0.15) is 13.4 Å². The number of carboxylic acids is 1. The molecule has 0 aromatic heterocycles. The van der Waals surface area contributed by atoms with E-state index in [1.165, 1.54) is 0 Å². The molecule has 5 heteroatoms. The Kier molecular flexibility index (Phi) is 4.77. The Bertz CT molecular complexity index is 865. The third kappa shape index (κ3) is 3.78. The molecule has 0 radical (unpaired) electrons. The second kappa shape index (κ2) is 7.37. The van der Waals surface area contributed by atoms with Gasteiger partial charge in [-0.2, -0.15) is 0 Å². The first kappa shape index (κ1) is 17.5. The van der Waals surface area contributed by atoms with E-state index in [0.717, 1.165) is 35.1 Å². The summed E-state index contributed by atoms with van der Waals surface area (Å²) in [6, 6.07) is 16.2. The van der Waals surface area contributed by atoms with Crippen LogP contribution in [0.2, 0.25) is 0 Å². The predicted molar refractivity (Wildman–Crippen MR) is 104 cm³/mol. The van der Waals surface area contributed by atoms with E-state index in [9.17, 15) is 9.90 Å². The molecule has 0 atom stereocenters. The van der Waals surface area contributed by atoms with Gasteiger partial charge >= 0.3 is 5.97 Å². The summed E-state index contributed by atoms with van der Waals surface area (Å²) in [6.07, 6.45) is 7.12. The van der Waals surface area contributed by atoms with E-state index in [1.54, 1.807) is 6.21 Å². The second-order valence-electron chi connectivity index (χ2n) is 7.04. The Hall–Kier alpha value is -2.92. The largest absolute Gasteiger partial charge is 0.481 e. The molecule has 0 amide bonds. The summed E-state index contributed by atoms with van der Waals surface area (Å²) in [4.78, 5) is 17.6. The standard InChI is InChI=1S/C22H22N2O3/c25-21(26)22(10-11-22)20-8-6-19(7-9-20)18-4-2-17(3-5-18)14-27-16-24-13-1-12-23-15-24/h1-9,12-13H,10-11,14-16H2,(H,25,26). The van der Waals surface area contributed by atoms with Crippen molar-refractivity contribution in [1.82, 2.24) is 4.90 Å². The summed E-state index contributed by atoms with van der Waals surface area (Å²) < 4.78 is 5.73. The average Bonchev–Trinajstić information content (AvgIpc) is 3.52. The number of allylic oxidation sites excluding steroid dienone is 1. The molecule has 1 fully saturated rings. The zero-order chi connectivity index (χ0) is 18.7. The number of rotatable bonds is 7. The van der Waals surface area contributed by atoms with Gasteiger partial charge < -0.3 is 14.7 Å². The molecule has 138 valence electrons. The summed E-state index contributed by atoms with van der Waals surface area (Å²) in [6.45, 7) is 1.70. The maximum Gasteiger partial charge on any atom is 0.314 e. The first-order chi connectivity index (χ1) is 13.2. The average molecular weight is 362 g/mol. The van der Waals surface area contributed by atoms with Gasteiger partial charge in [-0.05, 0) is 41.2 Å². The van der Waals surface area contributed by atoms with Crippen molar-refractivity contribution in [2.24, 2.45) is 4.99 Å². The molecular weight excluding hydrogens is 340 g/mol. The zero-order valence-corrected chi connectivity index (χ0v) is 15.0. The van der Waals surface area contributed by atoms with Gasteiger partial charge in [-0.1, -0.05) is 48.5 Å². The quantitative estimate of drug-likeness (QED) is 0.814. The highest BCUT2D eigenvalue weighted by Gasteiger charge is 2.51. The predicted octanol–water partition coefficient (Wildman–Crippen LogP) is 3.80. The number of carbonyl (C=O) groups is 1. The Morgan fingerprint density at radius 2 is 1.74 bits per heavy atom. The molecule has 27 heavy (non-hydrogen) atoms. The van der Waals surface area contributed by atoms with Gasteiger partial charge in [0, 0.05) is 12.4 Å². The number of aliphatic carboxylic acids is 1. The van der Waals surface area contributed by atoms with Crippen LogP contribution in [-0.2, 0) is 21.6 Å².